The van der Waals surface area contributed by atoms with E-state index in [1.807, 2.05) is 25.1 Å². The summed E-state index contributed by atoms with van der Waals surface area (Å²) in [7, 11) is 0. The first-order valence-corrected chi connectivity index (χ1v) is 5.33. The molecule has 84 valence electrons. The number of benzene rings is 1. The maximum Gasteiger partial charge on any atom is 0.231 e. The van der Waals surface area contributed by atoms with Gasteiger partial charge in [-0.15, -0.1) is 0 Å². The van der Waals surface area contributed by atoms with Crippen molar-refractivity contribution in [3.05, 3.63) is 35.9 Å². The molecule has 0 radical (unpaired) electrons. The van der Waals surface area contributed by atoms with Crippen LogP contribution in [0.1, 0.15) is 18.9 Å². The second-order valence-electron chi connectivity index (χ2n) is 3.65. The Balaban J connectivity index is 1.98. The van der Waals surface area contributed by atoms with Gasteiger partial charge in [0, 0.05) is 6.42 Å². The van der Waals surface area contributed by atoms with Gasteiger partial charge in [-0.05, 0) is 37.1 Å². The molecule has 1 aliphatic rings. The molecule has 1 heterocycles. The summed E-state index contributed by atoms with van der Waals surface area (Å²) in [6.07, 6.45) is 4.64. The fourth-order valence-electron chi connectivity index (χ4n) is 1.63. The van der Waals surface area contributed by atoms with Gasteiger partial charge in [-0.2, -0.15) is 0 Å². The van der Waals surface area contributed by atoms with Crippen molar-refractivity contribution in [2.24, 2.45) is 0 Å². The zero-order valence-electron chi connectivity index (χ0n) is 9.23. The van der Waals surface area contributed by atoms with Crippen LogP contribution in [0.2, 0.25) is 0 Å². The average molecular weight is 218 g/mol. The Morgan fingerprint density at radius 2 is 2.19 bits per heavy atom. The number of fused-ring (bicyclic) bond motifs is 1. The molecule has 16 heavy (non-hydrogen) atoms. The molecule has 0 bridgehead atoms. The smallest absolute Gasteiger partial charge is 0.231 e. The molecule has 1 aromatic rings. The molecule has 0 atom stereocenters. The Hall–Kier alpha value is -1.77. The Morgan fingerprint density at radius 1 is 1.38 bits per heavy atom. The van der Waals surface area contributed by atoms with Crippen LogP contribution in [0.5, 0.6) is 11.5 Å². The second-order valence-corrected chi connectivity index (χ2v) is 3.65. The third-order valence-electron chi connectivity index (χ3n) is 2.45. The Morgan fingerprint density at radius 3 is 3.00 bits per heavy atom. The SMILES string of the molecule is C/C=C/C(=O)CCc1ccc2c(c1)OCO2. The van der Waals surface area contributed by atoms with E-state index in [1.54, 1.807) is 12.2 Å². The quantitative estimate of drug-likeness (QED) is 0.728. The lowest BCUT2D eigenvalue weighted by Gasteiger charge is -2.01. The highest BCUT2D eigenvalue weighted by atomic mass is 16.7. The minimum Gasteiger partial charge on any atom is -0.454 e. The average Bonchev–Trinajstić information content (AvgIpc) is 2.74. The van der Waals surface area contributed by atoms with Gasteiger partial charge in [0.15, 0.2) is 17.3 Å². The highest BCUT2D eigenvalue weighted by molar-refractivity contribution is 5.89. The summed E-state index contributed by atoms with van der Waals surface area (Å²) >= 11 is 0. The molecule has 0 spiro atoms. The molecule has 3 nitrogen and oxygen atoms in total. The minimum absolute atomic E-state index is 0.153. The number of hydrogen-bond donors (Lipinski definition) is 0. The number of rotatable bonds is 4. The first kappa shape index (κ1) is 10.7. The van der Waals surface area contributed by atoms with Crippen molar-refractivity contribution in [3.63, 3.8) is 0 Å². The van der Waals surface area contributed by atoms with Crippen LogP contribution >= 0.6 is 0 Å². The van der Waals surface area contributed by atoms with Crippen LogP contribution in [0.25, 0.3) is 0 Å². The summed E-state index contributed by atoms with van der Waals surface area (Å²) in [6, 6.07) is 5.79. The fourth-order valence-corrected chi connectivity index (χ4v) is 1.63. The molecule has 0 amide bonds. The van der Waals surface area contributed by atoms with Crippen LogP contribution in [-0.4, -0.2) is 12.6 Å². The van der Waals surface area contributed by atoms with Crippen molar-refractivity contribution in [1.82, 2.24) is 0 Å². The van der Waals surface area contributed by atoms with Crippen LogP contribution in [0.3, 0.4) is 0 Å². The van der Waals surface area contributed by atoms with E-state index >= 15 is 0 Å². The van der Waals surface area contributed by atoms with Gasteiger partial charge in [-0.1, -0.05) is 12.1 Å². The molecule has 0 unspecified atom stereocenters. The van der Waals surface area contributed by atoms with Crippen LogP contribution in [0.15, 0.2) is 30.4 Å². The van der Waals surface area contributed by atoms with Gasteiger partial charge in [-0.3, -0.25) is 4.79 Å². The lowest BCUT2D eigenvalue weighted by atomic mass is 10.1. The molecule has 3 heteroatoms. The molecule has 2 rings (SSSR count). The Bertz CT molecular complexity index is 421. The summed E-state index contributed by atoms with van der Waals surface area (Å²) in [5.41, 5.74) is 1.10. The molecule has 0 fully saturated rings. The zero-order chi connectivity index (χ0) is 11.4. The van der Waals surface area contributed by atoms with Gasteiger partial charge >= 0.3 is 0 Å². The molecule has 1 aliphatic heterocycles. The monoisotopic (exact) mass is 218 g/mol. The van der Waals surface area contributed by atoms with Gasteiger partial charge in [-0.25, -0.2) is 0 Å². The van der Waals surface area contributed by atoms with Crippen LogP contribution in [0, 0.1) is 0 Å². The van der Waals surface area contributed by atoms with Gasteiger partial charge in [0.05, 0.1) is 0 Å². The van der Waals surface area contributed by atoms with Crippen LogP contribution in [-0.2, 0) is 11.2 Å². The summed E-state index contributed by atoms with van der Waals surface area (Å²) < 4.78 is 10.5. The molecular formula is C13H14O3. The van der Waals surface area contributed by atoms with Crippen molar-refractivity contribution in [3.8, 4) is 11.5 Å². The third kappa shape index (κ3) is 2.42. The number of carbonyl (C=O) groups excluding carboxylic acids is 1. The van der Waals surface area contributed by atoms with Crippen molar-refractivity contribution in [2.75, 3.05) is 6.79 Å². The zero-order valence-corrected chi connectivity index (χ0v) is 9.23. The lowest BCUT2D eigenvalue weighted by molar-refractivity contribution is -0.114. The Kier molecular flexibility index (Phi) is 3.25. The van der Waals surface area contributed by atoms with Gasteiger partial charge in [0.1, 0.15) is 0 Å². The summed E-state index contributed by atoms with van der Waals surface area (Å²) in [6.45, 7) is 2.13. The number of aryl methyl sites for hydroxylation is 1. The topological polar surface area (TPSA) is 35.5 Å². The summed E-state index contributed by atoms with van der Waals surface area (Å²) in [5.74, 6) is 1.71. The maximum absolute atomic E-state index is 11.3. The fraction of sp³-hybridized carbons (Fsp3) is 0.308. The highest BCUT2D eigenvalue weighted by Crippen LogP contribution is 2.32. The van der Waals surface area contributed by atoms with E-state index in [-0.39, 0.29) is 12.6 Å². The van der Waals surface area contributed by atoms with Crippen LogP contribution < -0.4 is 9.47 Å². The largest absolute Gasteiger partial charge is 0.454 e. The molecule has 0 N–H and O–H groups in total. The van der Waals surface area contributed by atoms with E-state index in [4.69, 9.17) is 9.47 Å². The number of hydrogen-bond acceptors (Lipinski definition) is 3. The van der Waals surface area contributed by atoms with Gasteiger partial charge in [0.25, 0.3) is 0 Å². The molecule has 0 saturated heterocycles. The molecule has 0 aliphatic carbocycles. The predicted octanol–water partition coefficient (Wildman–Crippen LogP) is 2.49. The Labute approximate surface area is 94.7 Å². The third-order valence-corrected chi connectivity index (χ3v) is 2.45. The highest BCUT2D eigenvalue weighted by Gasteiger charge is 2.13. The number of ether oxygens (including phenoxy) is 2. The molecule has 1 aromatic carbocycles. The lowest BCUT2D eigenvalue weighted by Crippen LogP contribution is -1.95. The molecule has 0 saturated carbocycles. The molecular weight excluding hydrogens is 204 g/mol. The number of carbonyl (C=O) groups is 1. The summed E-state index contributed by atoms with van der Waals surface area (Å²) in [4.78, 5) is 11.3. The van der Waals surface area contributed by atoms with E-state index in [0.717, 1.165) is 23.5 Å². The number of ketones is 1. The second kappa shape index (κ2) is 4.84. The van der Waals surface area contributed by atoms with Gasteiger partial charge < -0.3 is 9.47 Å². The van der Waals surface area contributed by atoms with E-state index in [9.17, 15) is 4.79 Å². The van der Waals surface area contributed by atoms with Crippen molar-refractivity contribution in [1.29, 1.82) is 0 Å². The van der Waals surface area contributed by atoms with Gasteiger partial charge in [0.2, 0.25) is 6.79 Å². The predicted molar refractivity (Wildman–Crippen MR) is 60.7 cm³/mol. The number of allylic oxidation sites excluding steroid dienone is 2. The van der Waals surface area contributed by atoms with E-state index in [2.05, 4.69) is 0 Å². The maximum atomic E-state index is 11.3. The van der Waals surface area contributed by atoms with Crippen molar-refractivity contribution in [2.45, 2.75) is 19.8 Å². The van der Waals surface area contributed by atoms with Crippen molar-refractivity contribution >= 4 is 5.78 Å². The summed E-state index contributed by atoms with van der Waals surface area (Å²) in [5, 5.41) is 0. The first-order valence-electron chi connectivity index (χ1n) is 5.33. The molecule has 0 aromatic heterocycles. The minimum atomic E-state index is 0.153. The van der Waals surface area contributed by atoms with E-state index < -0.39 is 0 Å². The van der Waals surface area contributed by atoms with E-state index in [1.165, 1.54) is 0 Å². The normalized spacial score (nSPS) is 13.3. The standard InChI is InChI=1S/C13H14O3/c1-2-3-11(14)6-4-10-5-7-12-13(8-10)16-9-15-12/h2-3,5,7-8H,4,6,9H2,1H3/b3-2+. The van der Waals surface area contributed by atoms with Crippen molar-refractivity contribution < 1.29 is 14.3 Å². The van der Waals surface area contributed by atoms with Crippen LogP contribution in [0.4, 0.5) is 0 Å². The van der Waals surface area contributed by atoms with E-state index in [0.29, 0.717) is 6.42 Å². The first-order chi connectivity index (χ1) is 7.79.